The van der Waals surface area contributed by atoms with Crippen molar-refractivity contribution in [3.8, 4) is 0 Å². The molecule has 0 aliphatic carbocycles. The average molecular weight is 402 g/mol. The number of hydrogen-bond donors (Lipinski definition) is 4. The maximum atomic E-state index is 13.2. The molecule has 28 heavy (non-hydrogen) atoms. The highest BCUT2D eigenvalue weighted by molar-refractivity contribution is 7.89. The number of aromatic amines is 2. The van der Waals surface area contributed by atoms with Gasteiger partial charge in [0, 0.05) is 35.6 Å². The number of benzene rings is 1. The van der Waals surface area contributed by atoms with Crippen LogP contribution in [0.15, 0.2) is 34.1 Å². The van der Waals surface area contributed by atoms with E-state index in [1.54, 1.807) is 0 Å². The predicted octanol–water partition coefficient (Wildman–Crippen LogP) is 0.547. The van der Waals surface area contributed by atoms with Crippen molar-refractivity contribution in [2.75, 3.05) is 26.2 Å². The Balaban J connectivity index is 1.68. The van der Waals surface area contributed by atoms with E-state index in [9.17, 15) is 23.1 Å². The first-order valence-corrected chi connectivity index (χ1v) is 10.4. The molecule has 0 bridgehead atoms. The summed E-state index contributed by atoms with van der Waals surface area (Å²) < 4.78 is 27.9. The van der Waals surface area contributed by atoms with Crippen LogP contribution < -0.4 is 10.9 Å². The minimum absolute atomic E-state index is 0.0672. The fraction of sp³-hybridized carbons (Fsp3) is 0.333. The first-order chi connectivity index (χ1) is 13.4. The maximum Gasteiger partial charge on any atom is 0.337 e. The monoisotopic (exact) mass is 402 g/mol. The van der Waals surface area contributed by atoms with Gasteiger partial charge in [-0.1, -0.05) is 0 Å². The van der Waals surface area contributed by atoms with Crippen LogP contribution in [0.2, 0.25) is 0 Å². The van der Waals surface area contributed by atoms with E-state index >= 15 is 0 Å². The summed E-state index contributed by atoms with van der Waals surface area (Å²) in [6, 6.07) is 4.43. The van der Waals surface area contributed by atoms with E-state index in [0.717, 1.165) is 13.1 Å². The molecule has 2 saturated heterocycles. The zero-order chi connectivity index (χ0) is 19.6. The number of nitrogens with one attached hydrogen (secondary N) is 3. The zero-order valence-electron chi connectivity index (χ0n) is 14.7. The number of pyridine rings is 1. The second-order valence-electron chi connectivity index (χ2n) is 7.42. The Kier molecular flexibility index (Phi) is 3.67. The Morgan fingerprint density at radius 1 is 1.18 bits per heavy atom. The third kappa shape index (κ3) is 2.42. The van der Waals surface area contributed by atoms with Crippen LogP contribution in [0.4, 0.5) is 0 Å². The third-order valence-electron chi connectivity index (χ3n) is 5.84. The molecule has 4 heterocycles. The minimum Gasteiger partial charge on any atom is -0.478 e. The molecule has 0 radical (unpaired) electrons. The van der Waals surface area contributed by atoms with Crippen molar-refractivity contribution in [2.45, 2.75) is 4.90 Å². The lowest BCUT2D eigenvalue weighted by Gasteiger charge is -2.18. The SMILES string of the molecule is O=C(O)c1c[nH]c2c(=O)[nH]c3ccc(S(=O)(=O)N4CC5CNCC5C4)cc3c12. The van der Waals surface area contributed by atoms with E-state index in [-0.39, 0.29) is 21.4 Å². The molecular weight excluding hydrogens is 384 g/mol. The minimum atomic E-state index is -3.71. The van der Waals surface area contributed by atoms with Gasteiger partial charge in [0.05, 0.1) is 10.5 Å². The van der Waals surface area contributed by atoms with E-state index in [0.29, 0.717) is 35.8 Å². The number of carboxylic acids is 1. The molecule has 10 heteroatoms. The van der Waals surface area contributed by atoms with Gasteiger partial charge in [-0.2, -0.15) is 4.31 Å². The number of aromatic carboxylic acids is 1. The van der Waals surface area contributed by atoms with Crippen molar-refractivity contribution in [2.24, 2.45) is 11.8 Å². The highest BCUT2D eigenvalue weighted by atomic mass is 32.2. The zero-order valence-corrected chi connectivity index (χ0v) is 15.5. The van der Waals surface area contributed by atoms with Crippen LogP contribution in [0.3, 0.4) is 0 Å². The van der Waals surface area contributed by atoms with Gasteiger partial charge in [-0.05, 0) is 43.1 Å². The number of H-pyrrole nitrogens is 2. The van der Waals surface area contributed by atoms with Gasteiger partial charge in [0.15, 0.2) is 0 Å². The summed E-state index contributed by atoms with van der Waals surface area (Å²) in [5, 5.41) is 13.3. The maximum absolute atomic E-state index is 13.2. The van der Waals surface area contributed by atoms with Crippen molar-refractivity contribution in [1.29, 1.82) is 0 Å². The van der Waals surface area contributed by atoms with E-state index in [1.165, 1.54) is 28.7 Å². The van der Waals surface area contributed by atoms with Crippen LogP contribution in [0.5, 0.6) is 0 Å². The smallest absolute Gasteiger partial charge is 0.337 e. The summed E-state index contributed by atoms with van der Waals surface area (Å²) in [5.41, 5.74) is -0.0184. The van der Waals surface area contributed by atoms with Gasteiger partial charge in [-0.25, -0.2) is 13.2 Å². The molecule has 2 fully saturated rings. The number of fused-ring (bicyclic) bond motifs is 4. The summed E-state index contributed by atoms with van der Waals surface area (Å²) in [4.78, 5) is 29.2. The largest absolute Gasteiger partial charge is 0.478 e. The molecule has 2 aliphatic heterocycles. The Morgan fingerprint density at radius 2 is 1.89 bits per heavy atom. The molecule has 9 nitrogen and oxygen atoms in total. The summed E-state index contributed by atoms with van der Waals surface area (Å²) >= 11 is 0. The molecule has 5 rings (SSSR count). The van der Waals surface area contributed by atoms with Gasteiger partial charge >= 0.3 is 5.97 Å². The van der Waals surface area contributed by atoms with Gasteiger partial charge in [0.1, 0.15) is 5.52 Å². The summed E-state index contributed by atoms with van der Waals surface area (Å²) in [5.74, 6) is -0.547. The molecule has 0 saturated carbocycles. The van der Waals surface area contributed by atoms with Crippen LogP contribution in [0.1, 0.15) is 10.4 Å². The molecule has 1 aromatic carbocycles. The average Bonchev–Trinajstić information content (AvgIpc) is 3.35. The van der Waals surface area contributed by atoms with Gasteiger partial charge in [-0.3, -0.25) is 4.79 Å². The number of aromatic nitrogens is 2. The summed E-state index contributed by atoms with van der Waals surface area (Å²) in [6.07, 6.45) is 1.25. The molecule has 2 unspecified atom stereocenters. The van der Waals surface area contributed by atoms with Gasteiger partial charge in [0.25, 0.3) is 5.56 Å². The van der Waals surface area contributed by atoms with Gasteiger partial charge < -0.3 is 20.4 Å². The van der Waals surface area contributed by atoms with Crippen LogP contribution in [0, 0.1) is 11.8 Å². The van der Waals surface area contributed by atoms with E-state index in [1.807, 2.05) is 0 Å². The first kappa shape index (κ1) is 17.4. The highest BCUT2D eigenvalue weighted by Gasteiger charge is 2.41. The number of hydrogen-bond acceptors (Lipinski definition) is 5. The summed E-state index contributed by atoms with van der Waals surface area (Å²) in [7, 11) is -3.71. The molecule has 2 aliphatic rings. The predicted molar refractivity (Wildman–Crippen MR) is 102 cm³/mol. The van der Waals surface area contributed by atoms with Crippen LogP contribution in [0.25, 0.3) is 21.8 Å². The molecule has 0 spiro atoms. The lowest BCUT2D eigenvalue weighted by Crippen LogP contribution is -2.32. The Bertz CT molecular complexity index is 1280. The highest BCUT2D eigenvalue weighted by Crippen LogP contribution is 2.33. The lowest BCUT2D eigenvalue weighted by molar-refractivity contribution is 0.0699. The quantitative estimate of drug-likeness (QED) is 0.505. The number of sulfonamides is 1. The third-order valence-corrected chi connectivity index (χ3v) is 7.67. The number of carboxylic acid groups (broad SMARTS) is 1. The van der Waals surface area contributed by atoms with E-state index in [4.69, 9.17) is 0 Å². The molecular formula is C18H18N4O5S. The molecule has 2 atom stereocenters. The second-order valence-corrected chi connectivity index (χ2v) is 9.36. The van der Waals surface area contributed by atoms with Crippen molar-refractivity contribution < 1.29 is 18.3 Å². The fourth-order valence-corrected chi connectivity index (χ4v) is 5.97. The number of carbonyl (C=O) groups is 1. The standard InChI is InChI=1S/C18H18N4O5S/c23-17-16-15(13(6-20-16)18(24)25)12-3-11(1-2-14(12)21-17)28(26,27)22-7-9-4-19-5-10(9)8-22/h1-3,6,9-10,19-20H,4-5,7-8H2,(H,21,23)(H,24,25). The molecule has 3 aromatic rings. The van der Waals surface area contributed by atoms with E-state index in [2.05, 4.69) is 15.3 Å². The second kappa shape index (κ2) is 5.90. The van der Waals surface area contributed by atoms with Crippen molar-refractivity contribution >= 4 is 37.8 Å². The molecule has 2 aromatic heterocycles. The van der Waals surface area contributed by atoms with Gasteiger partial charge in [0.2, 0.25) is 10.0 Å². The fourth-order valence-electron chi connectivity index (χ4n) is 4.39. The van der Waals surface area contributed by atoms with Crippen molar-refractivity contribution in [3.05, 3.63) is 40.3 Å². The normalized spacial score (nSPS) is 22.9. The Labute approximate surface area is 159 Å². The van der Waals surface area contributed by atoms with Crippen LogP contribution in [-0.4, -0.2) is 59.9 Å². The number of nitrogens with zero attached hydrogens (tertiary/aromatic N) is 1. The van der Waals surface area contributed by atoms with Crippen molar-refractivity contribution in [3.63, 3.8) is 0 Å². The Morgan fingerprint density at radius 3 is 2.57 bits per heavy atom. The lowest BCUT2D eigenvalue weighted by atomic mass is 10.0. The number of rotatable bonds is 3. The van der Waals surface area contributed by atoms with Gasteiger partial charge in [-0.15, -0.1) is 0 Å². The first-order valence-electron chi connectivity index (χ1n) is 8.97. The topological polar surface area (TPSA) is 135 Å². The summed E-state index contributed by atoms with van der Waals surface area (Å²) in [6.45, 7) is 2.59. The van der Waals surface area contributed by atoms with E-state index < -0.39 is 21.6 Å². The van der Waals surface area contributed by atoms with Crippen LogP contribution >= 0.6 is 0 Å². The van der Waals surface area contributed by atoms with Crippen molar-refractivity contribution in [1.82, 2.24) is 19.6 Å². The molecule has 0 amide bonds. The molecule has 146 valence electrons. The van der Waals surface area contributed by atoms with Crippen LogP contribution in [-0.2, 0) is 10.0 Å². The Hall–Kier alpha value is -2.69. The molecule has 4 N–H and O–H groups in total.